The molecule has 0 unspecified atom stereocenters. The number of ether oxygens (including phenoxy) is 2. The minimum absolute atomic E-state index is 0.542. The van der Waals surface area contributed by atoms with Crippen LogP contribution >= 0.6 is 0 Å². The summed E-state index contributed by atoms with van der Waals surface area (Å²) < 4.78 is 36.9. The zero-order chi connectivity index (χ0) is 27.9. The molecule has 0 atom stereocenters. The predicted octanol–water partition coefficient (Wildman–Crippen LogP) is 5.77. The van der Waals surface area contributed by atoms with Crippen LogP contribution in [-0.4, -0.2) is 50.9 Å². The Labute approximate surface area is 228 Å². The Morgan fingerprint density at radius 1 is 0.605 bits per heavy atom. The van der Waals surface area contributed by atoms with Crippen molar-refractivity contribution in [2.75, 3.05) is 14.2 Å². The lowest BCUT2D eigenvalue weighted by atomic mass is 9.62. The minimum Gasteiger partial charge on any atom is -0.497 e. The van der Waals surface area contributed by atoms with E-state index >= 15 is 0 Å². The first-order valence-corrected chi connectivity index (χ1v) is 13.0. The summed E-state index contributed by atoms with van der Waals surface area (Å²) in [6.07, 6.45) is 0. The third-order valence-corrected chi connectivity index (χ3v) is 8.10. The third-order valence-electron chi connectivity index (χ3n) is 8.10. The molecular weight excluding hydrogens is 478 g/mol. The van der Waals surface area contributed by atoms with Gasteiger partial charge in [-0.15, -0.1) is 0 Å². The number of allylic oxidation sites excluding steroid dienone is 1. The highest BCUT2D eigenvalue weighted by Gasteiger charge is 2.57. The monoisotopic (exact) mass is 516 g/mol. The Morgan fingerprint density at radius 2 is 1.00 bits per heavy atom. The molecule has 0 amide bonds. The summed E-state index contributed by atoms with van der Waals surface area (Å²) in [5.41, 5.74) is 0.964. The van der Waals surface area contributed by atoms with Gasteiger partial charge >= 0.3 is 14.2 Å². The van der Waals surface area contributed by atoms with E-state index in [9.17, 15) is 0 Å². The van der Waals surface area contributed by atoms with Crippen LogP contribution in [0.4, 0.5) is 0 Å². The summed E-state index contributed by atoms with van der Waals surface area (Å²) in [5, 5.41) is 0. The van der Waals surface area contributed by atoms with Gasteiger partial charge in [0, 0.05) is 11.0 Å². The maximum absolute atomic E-state index is 6.56. The van der Waals surface area contributed by atoms with Gasteiger partial charge in [0.2, 0.25) is 0 Å². The second-order valence-corrected chi connectivity index (χ2v) is 11.7. The molecule has 6 nitrogen and oxygen atoms in total. The quantitative estimate of drug-likeness (QED) is 0.372. The van der Waals surface area contributed by atoms with Crippen LogP contribution in [-0.2, 0) is 18.6 Å². The normalized spacial score (nSPS) is 21.4. The first kappa shape index (κ1) is 28.3. The molecule has 0 saturated carbocycles. The van der Waals surface area contributed by atoms with Crippen molar-refractivity contribution in [2.45, 2.75) is 77.8 Å². The molecule has 2 aliphatic rings. The Balaban J connectivity index is 1.93. The van der Waals surface area contributed by atoms with Crippen molar-refractivity contribution in [1.82, 2.24) is 0 Å². The summed E-state index contributed by atoms with van der Waals surface area (Å²) in [5.74, 6) is 8.23. The highest BCUT2D eigenvalue weighted by Crippen LogP contribution is 2.44. The van der Waals surface area contributed by atoms with Crippen LogP contribution in [0.2, 0.25) is 0 Å². The zero-order valence-corrected chi connectivity index (χ0v) is 24.2. The lowest BCUT2D eigenvalue weighted by Gasteiger charge is -2.32. The smallest absolute Gasteiger partial charge is 0.497 e. The van der Waals surface area contributed by atoms with Crippen LogP contribution in [0.5, 0.6) is 11.5 Å². The molecule has 8 heteroatoms. The number of methoxy groups -OCH3 is 2. The van der Waals surface area contributed by atoms with E-state index < -0.39 is 36.6 Å². The van der Waals surface area contributed by atoms with Crippen molar-refractivity contribution in [2.24, 2.45) is 0 Å². The standard InChI is InChI=1S/C30H38B2O6/c1-27(2)28(3,4)36-31(35-27)25(20-13-21-11-16-23(33-9)17-12-21)26(22-14-18-24(34-10)19-15-22)32-37-29(5,6)30(7,8)38-32/h11-12,14-19H,1-10H3/b26-25-. The molecule has 0 aliphatic carbocycles. The van der Waals surface area contributed by atoms with Crippen LogP contribution in [0.15, 0.2) is 54.0 Å². The second kappa shape index (κ2) is 10.1. The molecule has 0 aromatic heterocycles. The van der Waals surface area contributed by atoms with E-state index in [-0.39, 0.29) is 0 Å². The lowest BCUT2D eigenvalue weighted by molar-refractivity contribution is 0.00578. The molecule has 200 valence electrons. The van der Waals surface area contributed by atoms with Crippen LogP contribution in [0.3, 0.4) is 0 Å². The number of hydrogen-bond acceptors (Lipinski definition) is 6. The SMILES string of the molecule is COc1ccc(C#C/C(B2OC(C)(C)C(C)(C)O2)=C(/B2OC(C)(C)C(C)(C)O2)c2ccc(OC)cc2)cc1. The summed E-state index contributed by atoms with van der Waals surface area (Å²) in [6, 6.07) is 15.4. The Bertz CT molecular complexity index is 1220. The van der Waals surface area contributed by atoms with Crippen molar-refractivity contribution in [1.29, 1.82) is 0 Å². The van der Waals surface area contributed by atoms with Crippen molar-refractivity contribution >= 4 is 19.7 Å². The molecule has 2 saturated heterocycles. The third kappa shape index (κ3) is 5.39. The molecule has 0 N–H and O–H groups in total. The Kier molecular flexibility index (Phi) is 7.55. The van der Waals surface area contributed by atoms with E-state index in [2.05, 4.69) is 11.8 Å². The van der Waals surface area contributed by atoms with Crippen LogP contribution in [0, 0.1) is 11.8 Å². The van der Waals surface area contributed by atoms with Gasteiger partial charge in [0.05, 0.1) is 36.6 Å². The topological polar surface area (TPSA) is 55.4 Å². The zero-order valence-electron chi connectivity index (χ0n) is 24.2. The van der Waals surface area contributed by atoms with E-state index in [1.807, 2.05) is 104 Å². The number of hydrogen-bond donors (Lipinski definition) is 0. The highest BCUT2D eigenvalue weighted by molar-refractivity contribution is 6.74. The predicted molar refractivity (Wildman–Crippen MR) is 152 cm³/mol. The highest BCUT2D eigenvalue weighted by atomic mass is 16.7. The van der Waals surface area contributed by atoms with Gasteiger partial charge in [-0.05, 0) is 103 Å². The maximum Gasteiger partial charge on any atom is 0.503 e. The number of benzene rings is 2. The lowest BCUT2D eigenvalue weighted by Crippen LogP contribution is -2.41. The molecule has 0 radical (unpaired) electrons. The summed E-state index contributed by atoms with van der Waals surface area (Å²) in [7, 11) is 1.89. The average molecular weight is 516 g/mol. The first-order valence-electron chi connectivity index (χ1n) is 13.0. The van der Waals surface area contributed by atoms with E-state index in [1.165, 1.54) is 0 Å². The average Bonchev–Trinajstić information content (AvgIpc) is 3.21. The summed E-state index contributed by atoms with van der Waals surface area (Å²) in [4.78, 5) is 0. The van der Waals surface area contributed by atoms with Gasteiger partial charge in [-0.2, -0.15) is 0 Å². The first-order chi connectivity index (χ1) is 17.7. The van der Waals surface area contributed by atoms with Crippen molar-refractivity contribution in [3.05, 3.63) is 65.1 Å². The summed E-state index contributed by atoms with van der Waals surface area (Å²) in [6.45, 7) is 16.3. The molecule has 2 heterocycles. The molecule has 4 rings (SSSR count). The fourth-order valence-electron chi connectivity index (χ4n) is 4.18. The van der Waals surface area contributed by atoms with Gasteiger partial charge < -0.3 is 28.1 Å². The second-order valence-electron chi connectivity index (χ2n) is 11.7. The molecule has 2 aliphatic heterocycles. The van der Waals surface area contributed by atoms with Gasteiger partial charge in [0.25, 0.3) is 0 Å². The van der Waals surface area contributed by atoms with Gasteiger partial charge in [0.15, 0.2) is 0 Å². The number of rotatable bonds is 5. The fraction of sp³-hybridized carbons (Fsp3) is 0.467. The van der Waals surface area contributed by atoms with Crippen LogP contribution in [0.1, 0.15) is 66.5 Å². The molecule has 0 spiro atoms. The van der Waals surface area contributed by atoms with E-state index in [0.717, 1.165) is 28.1 Å². The van der Waals surface area contributed by atoms with E-state index in [1.54, 1.807) is 14.2 Å². The maximum atomic E-state index is 6.56. The fourth-order valence-corrected chi connectivity index (χ4v) is 4.18. The molecule has 0 bridgehead atoms. The van der Waals surface area contributed by atoms with Gasteiger partial charge in [0.1, 0.15) is 11.5 Å². The molecule has 2 fully saturated rings. The Hall–Kier alpha value is -2.69. The van der Waals surface area contributed by atoms with Crippen LogP contribution in [0.25, 0.3) is 5.47 Å². The Morgan fingerprint density at radius 3 is 1.42 bits per heavy atom. The molecule has 2 aromatic rings. The van der Waals surface area contributed by atoms with E-state index in [0.29, 0.717) is 5.47 Å². The molecule has 2 aromatic carbocycles. The van der Waals surface area contributed by atoms with Crippen molar-refractivity contribution < 1.29 is 28.1 Å². The van der Waals surface area contributed by atoms with Crippen molar-refractivity contribution in [3.8, 4) is 23.3 Å². The van der Waals surface area contributed by atoms with Crippen LogP contribution < -0.4 is 9.47 Å². The van der Waals surface area contributed by atoms with Gasteiger partial charge in [-0.25, -0.2) is 0 Å². The minimum atomic E-state index is -0.720. The largest absolute Gasteiger partial charge is 0.503 e. The van der Waals surface area contributed by atoms with Gasteiger partial charge in [-0.1, -0.05) is 24.0 Å². The summed E-state index contributed by atoms with van der Waals surface area (Å²) >= 11 is 0. The van der Waals surface area contributed by atoms with Gasteiger partial charge in [-0.3, -0.25) is 0 Å². The van der Waals surface area contributed by atoms with Crippen molar-refractivity contribution in [3.63, 3.8) is 0 Å². The molecular formula is C30H38B2O6. The van der Waals surface area contributed by atoms with E-state index in [4.69, 9.17) is 28.1 Å². The molecule has 38 heavy (non-hydrogen) atoms.